The van der Waals surface area contributed by atoms with E-state index in [2.05, 4.69) is 35.2 Å². The maximum atomic E-state index is 12.1. The van der Waals surface area contributed by atoms with Crippen molar-refractivity contribution in [1.29, 1.82) is 0 Å². The molecular formula is C18H14Cl2N8O3. The number of carbonyl (C=O) groups excluding carboxylic acids is 1. The molecule has 0 spiro atoms. The molecule has 0 saturated heterocycles. The number of nitrogens with zero attached hydrogens (tertiary/aromatic N) is 7. The van der Waals surface area contributed by atoms with Crippen molar-refractivity contribution < 1.29 is 14.7 Å². The standard InChI is InChI=1S/C13H11ClN6O.C5H3ClN2O2/c1-7-5-20-6-11(18-8(2)12(20)17-7)19-13(21)9-3-16-10(14)4-15-9;6-4-2-7-3(1-8-4)5(9)10/h3-6H,1-2H3,(H,19,21);1-2H,(H,9,10). The molecule has 31 heavy (non-hydrogen) atoms. The van der Waals surface area contributed by atoms with Gasteiger partial charge in [-0.05, 0) is 13.8 Å². The highest BCUT2D eigenvalue weighted by molar-refractivity contribution is 6.29. The third-order valence-electron chi connectivity index (χ3n) is 3.66. The molecular weight excluding hydrogens is 447 g/mol. The Kier molecular flexibility index (Phi) is 6.68. The lowest BCUT2D eigenvalue weighted by Gasteiger charge is -2.06. The number of hydrogen-bond donors (Lipinski definition) is 2. The van der Waals surface area contributed by atoms with Gasteiger partial charge in [-0.3, -0.25) is 4.79 Å². The fraction of sp³-hybridized carbons (Fsp3) is 0.111. The van der Waals surface area contributed by atoms with Gasteiger partial charge in [-0.1, -0.05) is 23.2 Å². The Morgan fingerprint density at radius 1 is 0.903 bits per heavy atom. The van der Waals surface area contributed by atoms with Crippen molar-refractivity contribution in [3.8, 4) is 0 Å². The monoisotopic (exact) mass is 460 g/mol. The quantitative estimate of drug-likeness (QED) is 0.470. The van der Waals surface area contributed by atoms with Crippen molar-refractivity contribution in [2.45, 2.75) is 13.8 Å². The second-order valence-electron chi connectivity index (χ2n) is 6.03. The Labute approximate surface area is 185 Å². The summed E-state index contributed by atoms with van der Waals surface area (Å²) in [6, 6.07) is 0. The largest absolute Gasteiger partial charge is 0.476 e. The van der Waals surface area contributed by atoms with Gasteiger partial charge in [-0.15, -0.1) is 0 Å². The molecule has 0 bridgehead atoms. The number of halogens is 2. The zero-order chi connectivity index (χ0) is 22.5. The summed E-state index contributed by atoms with van der Waals surface area (Å²) in [6.07, 6.45) is 8.48. The van der Waals surface area contributed by atoms with Gasteiger partial charge in [0.15, 0.2) is 11.3 Å². The molecule has 0 aliphatic carbocycles. The normalized spacial score (nSPS) is 10.3. The minimum atomic E-state index is -1.11. The minimum absolute atomic E-state index is 0.107. The van der Waals surface area contributed by atoms with Crippen LogP contribution in [0.5, 0.6) is 0 Å². The molecule has 4 heterocycles. The van der Waals surface area contributed by atoms with Gasteiger partial charge in [0, 0.05) is 6.20 Å². The van der Waals surface area contributed by atoms with Gasteiger partial charge < -0.3 is 14.8 Å². The number of carboxylic acid groups (broad SMARTS) is 1. The molecule has 0 aromatic carbocycles. The van der Waals surface area contributed by atoms with Crippen molar-refractivity contribution in [2.75, 3.05) is 5.32 Å². The van der Waals surface area contributed by atoms with E-state index in [0.717, 1.165) is 23.2 Å². The Morgan fingerprint density at radius 2 is 1.52 bits per heavy atom. The van der Waals surface area contributed by atoms with Gasteiger partial charge >= 0.3 is 5.97 Å². The molecule has 4 aromatic rings. The van der Waals surface area contributed by atoms with E-state index < -0.39 is 11.9 Å². The fourth-order valence-corrected chi connectivity index (χ4v) is 2.56. The van der Waals surface area contributed by atoms with Crippen LogP contribution in [0.3, 0.4) is 0 Å². The molecule has 0 saturated carbocycles. The zero-order valence-electron chi connectivity index (χ0n) is 16.1. The number of nitrogens with one attached hydrogen (secondary N) is 1. The topological polar surface area (TPSA) is 148 Å². The SMILES string of the molecule is Cc1cn2cc(NC(=O)c3cnc(Cl)cn3)nc(C)c2n1.O=C(O)c1cnc(Cl)cn1. The van der Waals surface area contributed by atoms with Gasteiger partial charge in [0.05, 0.1) is 42.4 Å². The van der Waals surface area contributed by atoms with Gasteiger partial charge in [0.2, 0.25) is 0 Å². The highest BCUT2D eigenvalue weighted by Gasteiger charge is 2.11. The van der Waals surface area contributed by atoms with Crippen LogP contribution >= 0.6 is 23.2 Å². The summed E-state index contributed by atoms with van der Waals surface area (Å²) < 4.78 is 1.82. The zero-order valence-corrected chi connectivity index (χ0v) is 17.6. The summed E-state index contributed by atoms with van der Waals surface area (Å²) in [6.45, 7) is 3.73. The summed E-state index contributed by atoms with van der Waals surface area (Å²) in [5, 5.41) is 11.4. The molecule has 0 radical (unpaired) electrons. The van der Waals surface area contributed by atoms with Crippen LogP contribution in [0.4, 0.5) is 5.82 Å². The second kappa shape index (κ2) is 9.41. The molecule has 0 fully saturated rings. The van der Waals surface area contributed by atoms with Crippen molar-refractivity contribution in [2.24, 2.45) is 0 Å². The summed E-state index contributed by atoms with van der Waals surface area (Å²) in [7, 11) is 0. The maximum Gasteiger partial charge on any atom is 0.356 e. The van der Waals surface area contributed by atoms with E-state index in [1.807, 2.05) is 24.4 Å². The van der Waals surface area contributed by atoms with E-state index in [0.29, 0.717) is 5.82 Å². The average molecular weight is 461 g/mol. The summed E-state index contributed by atoms with van der Waals surface area (Å²) in [5.41, 5.74) is 2.43. The number of amides is 1. The number of rotatable bonds is 3. The van der Waals surface area contributed by atoms with Crippen molar-refractivity contribution in [1.82, 2.24) is 34.3 Å². The van der Waals surface area contributed by atoms with Gasteiger partial charge in [0.1, 0.15) is 21.8 Å². The van der Waals surface area contributed by atoms with E-state index in [4.69, 9.17) is 28.3 Å². The predicted molar refractivity (Wildman–Crippen MR) is 111 cm³/mol. The third kappa shape index (κ3) is 5.68. The van der Waals surface area contributed by atoms with Crippen LogP contribution in [0, 0.1) is 13.8 Å². The van der Waals surface area contributed by atoms with E-state index in [9.17, 15) is 9.59 Å². The Morgan fingerprint density at radius 3 is 2.06 bits per heavy atom. The first-order valence-electron chi connectivity index (χ1n) is 8.55. The number of aromatic nitrogens is 7. The number of aromatic carboxylic acids is 1. The first kappa shape index (κ1) is 22.0. The number of hydrogen-bond acceptors (Lipinski definition) is 8. The number of fused-ring (bicyclic) bond motifs is 1. The third-order valence-corrected chi connectivity index (χ3v) is 4.05. The highest BCUT2D eigenvalue weighted by Crippen LogP contribution is 2.13. The maximum absolute atomic E-state index is 12.1. The van der Waals surface area contributed by atoms with Gasteiger partial charge in [-0.2, -0.15) is 0 Å². The number of anilines is 1. The van der Waals surface area contributed by atoms with Crippen LogP contribution in [-0.4, -0.2) is 51.3 Å². The van der Waals surface area contributed by atoms with Crippen molar-refractivity contribution in [3.05, 3.63) is 70.3 Å². The van der Waals surface area contributed by atoms with E-state index in [1.165, 1.54) is 18.6 Å². The Balaban J connectivity index is 0.000000229. The molecule has 13 heteroatoms. The molecule has 0 aliphatic rings. The molecule has 11 nitrogen and oxygen atoms in total. The van der Waals surface area contributed by atoms with Crippen LogP contribution in [0.2, 0.25) is 10.3 Å². The molecule has 4 rings (SSSR count). The Hall–Kier alpha value is -3.70. The van der Waals surface area contributed by atoms with Crippen LogP contribution in [0.1, 0.15) is 32.4 Å². The minimum Gasteiger partial charge on any atom is -0.476 e. The first-order valence-corrected chi connectivity index (χ1v) is 9.31. The van der Waals surface area contributed by atoms with Crippen LogP contribution in [-0.2, 0) is 0 Å². The molecule has 1 amide bonds. The van der Waals surface area contributed by atoms with Crippen molar-refractivity contribution >= 4 is 46.5 Å². The number of aryl methyl sites for hydroxylation is 2. The number of carbonyl (C=O) groups is 2. The molecule has 0 unspecified atom stereocenters. The molecule has 4 aromatic heterocycles. The Bertz CT molecular complexity index is 1240. The number of imidazole rings is 1. The smallest absolute Gasteiger partial charge is 0.356 e. The van der Waals surface area contributed by atoms with Crippen LogP contribution < -0.4 is 5.32 Å². The summed E-state index contributed by atoms with van der Waals surface area (Å²) in [5.74, 6) is -1.09. The highest BCUT2D eigenvalue weighted by atomic mass is 35.5. The molecule has 0 atom stereocenters. The molecule has 2 N–H and O–H groups in total. The molecule has 0 aliphatic heterocycles. The van der Waals surface area contributed by atoms with Crippen LogP contribution in [0.15, 0.2) is 37.2 Å². The first-order chi connectivity index (χ1) is 14.7. The van der Waals surface area contributed by atoms with Gasteiger partial charge in [0.25, 0.3) is 5.91 Å². The average Bonchev–Trinajstić information content (AvgIpc) is 3.10. The van der Waals surface area contributed by atoms with Crippen LogP contribution in [0.25, 0.3) is 5.65 Å². The lowest BCUT2D eigenvalue weighted by Crippen LogP contribution is -2.15. The van der Waals surface area contributed by atoms with E-state index in [1.54, 1.807) is 6.20 Å². The van der Waals surface area contributed by atoms with E-state index >= 15 is 0 Å². The lowest BCUT2D eigenvalue weighted by molar-refractivity contribution is 0.0689. The lowest BCUT2D eigenvalue weighted by atomic mass is 10.4. The van der Waals surface area contributed by atoms with Crippen molar-refractivity contribution in [3.63, 3.8) is 0 Å². The fourth-order valence-electron chi connectivity index (χ4n) is 2.37. The second-order valence-corrected chi connectivity index (χ2v) is 6.81. The predicted octanol–water partition coefficient (Wildman–Crippen LogP) is 2.87. The summed E-state index contributed by atoms with van der Waals surface area (Å²) >= 11 is 11.0. The molecule has 158 valence electrons. The number of carboxylic acids is 1. The summed E-state index contributed by atoms with van der Waals surface area (Å²) in [4.78, 5) is 45.6. The van der Waals surface area contributed by atoms with E-state index in [-0.39, 0.29) is 21.7 Å². The van der Waals surface area contributed by atoms with Gasteiger partial charge in [-0.25, -0.2) is 34.7 Å².